The normalized spacial score (nSPS) is 10.0. The first-order valence-corrected chi connectivity index (χ1v) is 6.17. The van der Waals surface area contributed by atoms with Gasteiger partial charge < -0.3 is 4.74 Å². The Kier molecular flexibility index (Phi) is 5.09. The molecule has 17 heavy (non-hydrogen) atoms. The molecule has 0 saturated heterocycles. The summed E-state index contributed by atoms with van der Waals surface area (Å²) in [5.74, 6) is 0.381. The maximum absolute atomic E-state index is 11.3. The highest BCUT2D eigenvalue weighted by molar-refractivity contribution is 9.09. The van der Waals surface area contributed by atoms with E-state index in [4.69, 9.17) is 4.74 Å². The topological polar surface area (TPSA) is 69.4 Å². The van der Waals surface area contributed by atoms with E-state index < -0.39 is 4.92 Å². The first-order valence-electron chi connectivity index (χ1n) is 5.05. The van der Waals surface area contributed by atoms with Crippen molar-refractivity contribution in [2.75, 3.05) is 11.9 Å². The fourth-order valence-electron chi connectivity index (χ4n) is 1.38. The molecule has 0 heterocycles. The molecule has 0 bridgehead atoms. The number of carbonyl (C=O) groups excluding carboxylic acids is 1. The number of rotatable bonds is 6. The fourth-order valence-corrected chi connectivity index (χ4v) is 1.57. The van der Waals surface area contributed by atoms with Crippen molar-refractivity contribution in [1.29, 1.82) is 0 Å². The van der Waals surface area contributed by atoms with Gasteiger partial charge in [-0.1, -0.05) is 15.9 Å². The molecule has 0 aliphatic rings. The van der Waals surface area contributed by atoms with Gasteiger partial charge in [-0.25, -0.2) is 0 Å². The maximum Gasteiger partial charge on any atom is 0.273 e. The second-order valence-corrected chi connectivity index (χ2v) is 3.94. The van der Waals surface area contributed by atoms with Crippen molar-refractivity contribution < 1.29 is 14.5 Å². The highest BCUT2D eigenvalue weighted by Crippen LogP contribution is 2.23. The van der Waals surface area contributed by atoms with Crippen LogP contribution in [-0.2, 0) is 11.2 Å². The van der Waals surface area contributed by atoms with Gasteiger partial charge in [0.2, 0.25) is 0 Å². The van der Waals surface area contributed by atoms with E-state index in [1.165, 1.54) is 12.1 Å². The summed E-state index contributed by atoms with van der Waals surface area (Å²) in [4.78, 5) is 21.5. The molecule has 92 valence electrons. The van der Waals surface area contributed by atoms with Crippen LogP contribution in [0.3, 0.4) is 0 Å². The minimum atomic E-state index is -0.495. The lowest BCUT2D eigenvalue weighted by molar-refractivity contribution is -0.385. The molecular formula is C11H12BrNO4. The van der Waals surface area contributed by atoms with Crippen molar-refractivity contribution >= 4 is 27.4 Å². The third kappa shape index (κ3) is 4.14. The van der Waals surface area contributed by atoms with Gasteiger partial charge in [-0.3, -0.25) is 14.9 Å². The molecule has 1 aromatic rings. The number of alkyl halides is 1. The largest absolute Gasteiger partial charge is 0.494 e. The molecule has 0 radical (unpaired) electrons. The first kappa shape index (κ1) is 13.6. The Labute approximate surface area is 107 Å². The zero-order valence-corrected chi connectivity index (χ0v) is 10.9. The van der Waals surface area contributed by atoms with Crippen LogP contribution in [0.25, 0.3) is 0 Å². The van der Waals surface area contributed by atoms with Crippen LogP contribution in [-0.4, -0.2) is 22.6 Å². The summed E-state index contributed by atoms with van der Waals surface area (Å²) in [6.45, 7) is 2.22. The Morgan fingerprint density at radius 1 is 1.47 bits per heavy atom. The quantitative estimate of drug-likeness (QED) is 0.460. The molecular weight excluding hydrogens is 290 g/mol. The molecule has 0 fully saturated rings. The van der Waals surface area contributed by atoms with Crippen LogP contribution < -0.4 is 4.74 Å². The monoisotopic (exact) mass is 301 g/mol. The predicted octanol–water partition coefficient (Wildman–Crippen LogP) is 2.50. The number of ether oxygens (including phenoxy) is 1. The highest BCUT2D eigenvalue weighted by atomic mass is 79.9. The molecule has 0 aliphatic heterocycles. The van der Waals surface area contributed by atoms with E-state index in [1.807, 2.05) is 0 Å². The lowest BCUT2D eigenvalue weighted by Crippen LogP contribution is -2.04. The van der Waals surface area contributed by atoms with E-state index >= 15 is 0 Å². The summed E-state index contributed by atoms with van der Waals surface area (Å²) in [5.41, 5.74) is 0.528. The molecule has 0 aromatic heterocycles. The number of hydrogen-bond donors (Lipinski definition) is 0. The van der Waals surface area contributed by atoms with Crippen molar-refractivity contribution in [3.8, 4) is 5.75 Å². The number of nitro benzene ring substituents is 1. The standard InChI is InChI=1S/C11H12BrNO4/c1-2-17-11-5-8(4-10(14)7-12)3-9(6-11)13(15)16/h3,5-6H,2,4,7H2,1H3. The Morgan fingerprint density at radius 2 is 2.18 bits per heavy atom. The van der Waals surface area contributed by atoms with E-state index in [9.17, 15) is 14.9 Å². The smallest absolute Gasteiger partial charge is 0.273 e. The van der Waals surface area contributed by atoms with Crippen LogP contribution >= 0.6 is 15.9 Å². The Balaban J connectivity index is 3.03. The van der Waals surface area contributed by atoms with Crippen LogP contribution in [0.15, 0.2) is 18.2 Å². The number of nitro groups is 1. The van der Waals surface area contributed by atoms with Gasteiger partial charge in [-0.15, -0.1) is 0 Å². The average molecular weight is 302 g/mol. The van der Waals surface area contributed by atoms with Crippen molar-refractivity contribution in [3.63, 3.8) is 0 Å². The third-order valence-electron chi connectivity index (χ3n) is 2.02. The molecule has 0 aliphatic carbocycles. The molecule has 6 heteroatoms. The zero-order chi connectivity index (χ0) is 12.8. The van der Waals surface area contributed by atoms with E-state index in [1.54, 1.807) is 13.0 Å². The van der Waals surface area contributed by atoms with E-state index in [2.05, 4.69) is 15.9 Å². The molecule has 0 unspecified atom stereocenters. The van der Waals surface area contributed by atoms with Crippen molar-refractivity contribution in [2.45, 2.75) is 13.3 Å². The average Bonchev–Trinajstić information content (AvgIpc) is 2.29. The van der Waals surface area contributed by atoms with Crippen molar-refractivity contribution in [3.05, 3.63) is 33.9 Å². The molecule has 1 aromatic carbocycles. The molecule has 0 atom stereocenters. The Hall–Kier alpha value is -1.43. The second kappa shape index (κ2) is 6.34. The van der Waals surface area contributed by atoms with Crippen molar-refractivity contribution in [1.82, 2.24) is 0 Å². The molecule has 5 nitrogen and oxygen atoms in total. The van der Waals surface area contributed by atoms with E-state index in [-0.39, 0.29) is 23.2 Å². The van der Waals surface area contributed by atoms with Crippen LogP contribution in [0, 0.1) is 10.1 Å². The fraction of sp³-hybridized carbons (Fsp3) is 0.364. The minimum absolute atomic E-state index is 0.0343. The van der Waals surface area contributed by atoms with Gasteiger partial charge in [-0.05, 0) is 18.6 Å². The van der Waals surface area contributed by atoms with Gasteiger partial charge in [0.25, 0.3) is 5.69 Å². The van der Waals surface area contributed by atoms with E-state index in [0.29, 0.717) is 17.9 Å². The van der Waals surface area contributed by atoms with Gasteiger partial charge in [0.1, 0.15) is 11.5 Å². The van der Waals surface area contributed by atoms with Crippen molar-refractivity contribution in [2.24, 2.45) is 0 Å². The van der Waals surface area contributed by atoms with Crippen LogP contribution in [0.2, 0.25) is 0 Å². The number of nitrogens with zero attached hydrogens (tertiary/aromatic N) is 1. The first-order chi connectivity index (χ1) is 8.06. The predicted molar refractivity (Wildman–Crippen MR) is 66.8 cm³/mol. The second-order valence-electron chi connectivity index (χ2n) is 3.37. The summed E-state index contributed by atoms with van der Waals surface area (Å²) in [6, 6.07) is 4.39. The number of hydrogen-bond acceptors (Lipinski definition) is 4. The molecule has 0 saturated carbocycles. The van der Waals surface area contributed by atoms with Gasteiger partial charge in [-0.2, -0.15) is 0 Å². The Bertz CT molecular complexity index is 433. The summed E-state index contributed by atoms with van der Waals surface area (Å²) in [6.07, 6.45) is 0.160. The lowest BCUT2D eigenvalue weighted by atomic mass is 10.1. The van der Waals surface area contributed by atoms with Gasteiger partial charge in [0.05, 0.1) is 22.9 Å². The molecule has 0 amide bonds. The van der Waals surface area contributed by atoms with Crippen LogP contribution in [0.5, 0.6) is 5.75 Å². The van der Waals surface area contributed by atoms with Gasteiger partial charge in [0.15, 0.2) is 0 Å². The molecule has 1 rings (SSSR count). The van der Waals surface area contributed by atoms with Crippen LogP contribution in [0.4, 0.5) is 5.69 Å². The SMILES string of the molecule is CCOc1cc(CC(=O)CBr)cc([N+](=O)[O-])c1. The summed E-state index contributed by atoms with van der Waals surface area (Å²) >= 11 is 3.05. The Morgan fingerprint density at radius 3 is 2.71 bits per heavy atom. The lowest BCUT2D eigenvalue weighted by Gasteiger charge is -2.05. The number of ketones is 1. The van der Waals surface area contributed by atoms with Gasteiger partial charge in [0, 0.05) is 12.5 Å². The summed E-state index contributed by atoms with van der Waals surface area (Å²) in [7, 11) is 0. The highest BCUT2D eigenvalue weighted by Gasteiger charge is 2.12. The number of carbonyl (C=O) groups is 1. The zero-order valence-electron chi connectivity index (χ0n) is 9.31. The number of benzene rings is 1. The molecule has 0 spiro atoms. The summed E-state index contributed by atoms with van der Waals surface area (Å²) in [5, 5.41) is 11.0. The minimum Gasteiger partial charge on any atom is -0.494 e. The third-order valence-corrected chi connectivity index (χ3v) is 2.65. The molecule has 0 N–H and O–H groups in total. The maximum atomic E-state index is 11.3. The van der Waals surface area contributed by atoms with Crippen LogP contribution in [0.1, 0.15) is 12.5 Å². The number of halogens is 1. The summed E-state index contributed by atoms with van der Waals surface area (Å²) < 4.78 is 5.23. The number of Topliss-reactive ketones (excluding diaryl/α,β-unsaturated/α-hetero) is 1. The van der Waals surface area contributed by atoms with Gasteiger partial charge >= 0.3 is 0 Å². The van der Waals surface area contributed by atoms with E-state index in [0.717, 1.165) is 0 Å². The number of non-ortho nitro benzene ring substituents is 1.